The molecule has 0 radical (unpaired) electrons. The molecule has 0 atom stereocenters. The molecular weight excluding hydrogens is 184 g/mol. The number of nitrogens with zero attached hydrogens (tertiary/aromatic N) is 2. The lowest BCUT2D eigenvalue weighted by Crippen LogP contribution is -2.49. The van der Waals surface area contributed by atoms with Gasteiger partial charge in [0.25, 0.3) is 0 Å². The molecule has 2 aliphatic rings. The summed E-state index contributed by atoms with van der Waals surface area (Å²) in [5, 5.41) is 9.53. The second-order valence-electron chi connectivity index (χ2n) is 5.11. The van der Waals surface area contributed by atoms with Crippen LogP contribution in [-0.4, -0.2) is 23.5 Å². The standard InChI is InChI=1S/C13H22N2/c14-12-13(8-4-1-2-5-9-13)15-10-6-3-7-11-15/h1-11H2. The molecule has 2 fully saturated rings. The third-order valence-electron chi connectivity index (χ3n) is 4.10. The van der Waals surface area contributed by atoms with Crippen molar-refractivity contribution in [2.45, 2.75) is 63.3 Å². The van der Waals surface area contributed by atoms with E-state index in [2.05, 4.69) is 11.0 Å². The first-order valence-corrected chi connectivity index (χ1v) is 6.54. The normalized spacial score (nSPS) is 27.9. The molecular formula is C13H22N2. The Kier molecular flexibility index (Phi) is 3.64. The fraction of sp³-hybridized carbons (Fsp3) is 0.923. The molecule has 0 unspecified atom stereocenters. The molecule has 15 heavy (non-hydrogen) atoms. The second kappa shape index (κ2) is 4.99. The molecule has 0 aromatic carbocycles. The smallest absolute Gasteiger partial charge is 0.109 e. The summed E-state index contributed by atoms with van der Waals surface area (Å²) in [6.07, 6.45) is 11.3. The zero-order valence-corrected chi connectivity index (χ0v) is 9.67. The van der Waals surface area contributed by atoms with Crippen LogP contribution >= 0.6 is 0 Å². The van der Waals surface area contributed by atoms with Gasteiger partial charge in [-0.1, -0.05) is 32.1 Å². The first-order chi connectivity index (χ1) is 7.37. The summed E-state index contributed by atoms with van der Waals surface area (Å²) >= 11 is 0. The van der Waals surface area contributed by atoms with Crippen LogP contribution in [0.4, 0.5) is 0 Å². The Morgan fingerprint density at radius 3 is 1.87 bits per heavy atom. The highest BCUT2D eigenvalue weighted by Gasteiger charge is 2.37. The van der Waals surface area contributed by atoms with Crippen molar-refractivity contribution in [1.82, 2.24) is 4.90 Å². The first-order valence-electron chi connectivity index (χ1n) is 6.54. The van der Waals surface area contributed by atoms with E-state index in [4.69, 9.17) is 0 Å². The van der Waals surface area contributed by atoms with Crippen LogP contribution in [0.3, 0.4) is 0 Å². The predicted molar refractivity (Wildman–Crippen MR) is 61.5 cm³/mol. The van der Waals surface area contributed by atoms with Crippen molar-refractivity contribution >= 4 is 0 Å². The molecule has 0 bridgehead atoms. The van der Waals surface area contributed by atoms with Crippen molar-refractivity contribution in [3.05, 3.63) is 0 Å². The fourth-order valence-electron chi connectivity index (χ4n) is 3.13. The maximum absolute atomic E-state index is 9.53. The van der Waals surface area contributed by atoms with Gasteiger partial charge >= 0.3 is 0 Å². The Bertz CT molecular complexity index is 227. The van der Waals surface area contributed by atoms with Crippen molar-refractivity contribution in [1.29, 1.82) is 5.26 Å². The number of hydrogen-bond acceptors (Lipinski definition) is 2. The quantitative estimate of drug-likeness (QED) is 0.616. The molecule has 0 aromatic heterocycles. The van der Waals surface area contributed by atoms with Crippen molar-refractivity contribution < 1.29 is 0 Å². The molecule has 0 amide bonds. The summed E-state index contributed by atoms with van der Waals surface area (Å²) in [5.74, 6) is 0. The van der Waals surface area contributed by atoms with E-state index < -0.39 is 0 Å². The van der Waals surface area contributed by atoms with E-state index in [1.54, 1.807) is 0 Å². The summed E-state index contributed by atoms with van der Waals surface area (Å²) in [6, 6.07) is 2.65. The van der Waals surface area contributed by atoms with Crippen LogP contribution in [0.2, 0.25) is 0 Å². The molecule has 2 heteroatoms. The van der Waals surface area contributed by atoms with E-state index in [9.17, 15) is 5.26 Å². The van der Waals surface area contributed by atoms with Crippen molar-refractivity contribution in [3.8, 4) is 6.07 Å². The van der Waals surface area contributed by atoms with Crippen LogP contribution in [0, 0.1) is 11.3 Å². The van der Waals surface area contributed by atoms with Crippen LogP contribution in [0.15, 0.2) is 0 Å². The fourth-order valence-corrected chi connectivity index (χ4v) is 3.13. The summed E-state index contributed by atoms with van der Waals surface area (Å²) in [7, 11) is 0. The van der Waals surface area contributed by atoms with E-state index in [1.165, 1.54) is 44.9 Å². The Morgan fingerprint density at radius 1 is 0.800 bits per heavy atom. The van der Waals surface area contributed by atoms with Crippen LogP contribution in [0.5, 0.6) is 0 Å². The molecule has 2 nitrogen and oxygen atoms in total. The third-order valence-corrected chi connectivity index (χ3v) is 4.10. The zero-order chi connectivity index (χ0) is 10.6. The van der Waals surface area contributed by atoms with E-state index in [-0.39, 0.29) is 5.54 Å². The van der Waals surface area contributed by atoms with Gasteiger partial charge in [-0.05, 0) is 38.8 Å². The van der Waals surface area contributed by atoms with E-state index in [0.29, 0.717) is 0 Å². The molecule has 1 aliphatic heterocycles. The number of rotatable bonds is 1. The molecule has 0 spiro atoms. The summed E-state index contributed by atoms with van der Waals surface area (Å²) in [5.41, 5.74) is -0.0864. The van der Waals surface area contributed by atoms with Gasteiger partial charge in [-0.2, -0.15) is 5.26 Å². The Labute approximate surface area is 93.3 Å². The minimum atomic E-state index is -0.0864. The van der Waals surface area contributed by atoms with Gasteiger partial charge < -0.3 is 0 Å². The van der Waals surface area contributed by atoms with Gasteiger partial charge in [0.15, 0.2) is 0 Å². The average Bonchev–Trinajstić information content (AvgIpc) is 2.56. The summed E-state index contributed by atoms with van der Waals surface area (Å²) in [6.45, 7) is 2.32. The lowest BCUT2D eigenvalue weighted by molar-refractivity contribution is 0.0965. The molecule has 0 N–H and O–H groups in total. The number of nitriles is 1. The Balaban J connectivity index is 2.07. The maximum atomic E-state index is 9.53. The molecule has 0 aromatic rings. The molecule has 84 valence electrons. The number of likely N-dealkylation sites (tertiary alicyclic amines) is 1. The lowest BCUT2D eigenvalue weighted by atomic mass is 9.88. The summed E-state index contributed by atoms with van der Waals surface area (Å²) < 4.78 is 0. The second-order valence-corrected chi connectivity index (χ2v) is 5.11. The first kappa shape index (κ1) is 11.0. The van der Waals surface area contributed by atoms with E-state index >= 15 is 0 Å². The van der Waals surface area contributed by atoms with E-state index in [0.717, 1.165) is 25.9 Å². The molecule has 1 saturated carbocycles. The zero-order valence-electron chi connectivity index (χ0n) is 9.67. The average molecular weight is 206 g/mol. The highest BCUT2D eigenvalue weighted by atomic mass is 15.2. The van der Waals surface area contributed by atoms with Gasteiger partial charge in [-0.3, -0.25) is 4.90 Å². The summed E-state index contributed by atoms with van der Waals surface area (Å²) in [4.78, 5) is 2.49. The topological polar surface area (TPSA) is 27.0 Å². The third kappa shape index (κ3) is 2.34. The van der Waals surface area contributed by atoms with Gasteiger partial charge in [0.05, 0.1) is 6.07 Å². The van der Waals surface area contributed by atoms with Crippen LogP contribution in [0.25, 0.3) is 0 Å². The monoisotopic (exact) mass is 206 g/mol. The largest absolute Gasteiger partial charge is 0.286 e. The van der Waals surface area contributed by atoms with Crippen LogP contribution in [0.1, 0.15) is 57.8 Å². The highest BCUT2D eigenvalue weighted by molar-refractivity contribution is 5.09. The number of hydrogen-bond donors (Lipinski definition) is 0. The van der Waals surface area contributed by atoms with Gasteiger partial charge in [0.2, 0.25) is 0 Å². The Hall–Kier alpha value is -0.550. The minimum absolute atomic E-state index is 0.0864. The Morgan fingerprint density at radius 2 is 1.33 bits per heavy atom. The minimum Gasteiger partial charge on any atom is -0.286 e. The van der Waals surface area contributed by atoms with Crippen LogP contribution in [-0.2, 0) is 0 Å². The molecule has 1 saturated heterocycles. The predicted octanol–water partition coefficient (Wildman–Crippen LogP) is 3.09. The lowest BCUT2D eigenvalue weighted by Gasteiger charge is -2.40. The van der Waals surface area contributed by atoms with E-state index in [1.807, 2.05) is 0 Å². The van der Waals surface area contributed by atoms with Crippen LogP contribution < -0.4 is 0 Å². The highest BCUT2D eigenvalue weighted by Crippen LogP contribution is 2.33. The van der Waals surface area contributed by atoms with Crippen molar-refractivity contribution in [2.24, 2.45) is 0 Å². The SMILES string of the molecule is N#CC1(N2CCCCC2)CCCCCC1. The molecule has 1 heterocycles. The number of piperidine rings is 1. The van der Waals surface area contributed by atoms with Gasteiger partial charge in [-0.25, -0.2) is 0 Å². The maximum Gasteiger partial charge on any atom is 0.109 e. The van der Waals surface area contributed by atoms with Gasteiger partial charge in [0.1, 0.15) is 5.54 Å². The van der Waals surface area contributed by atoms with Crippen molar-refractivity contribution in [3.63, 3.8) is 0 Å². The van der Waals surface area contributed by atoms with Gasteiger partial charge in [-0.15, -0.1) is 0 Å². The van der Waals surface area contributed by atoms with Gasteiger partial charge in [0, 0.05) is 0 Å². The van der Waals surface area contributed by atoms with Crippen molar-refractivity contribution in [2.75, 3.05) is 13.1 Å². The molecule has 1 aliphatic carbocycles. The molecule has 2 rings (SSSR count).